The van der Waals surface area contributed by atoms with Gasteiger partial charge in [-0.25, -0.2) is 4.98 Å². The fourth-order valence-electron chi connectivity index (χ4n) is 9.15. The Kier molecular flexibility index (Phi) is 8.82. The maximum absolute atomic E-state index is 13.2. The van der Waals surface area contributed by atoms with Gasteiger partial charge >= 0.3 is 0 Å². The fourth-order valence-corrected chi connectivity index (χ4v) is 9.15. The van der Waals surface area contributed by atoms with Gasteiger partial charge in [-0.1, -0.05) is 224 Å². The molecule has 4 nitrogen and oxygen atoms in total. The Morgan fingerprint density at radius 2 is 1.11 bits per heavy atom. The molecule has 0 radical (unpaired) electrons. The molecule has 10 aromatic rings. The molecule has 0 spiro atoms. The smallest absolute Gasteiger partial charge is 0.148 e. The molecular formula is C67H62N3OPt-. The fraction of sp³-hybridized carbons (Fsp3) is 0.194. The number of pyridine rings is 1. The van der Waals surface area contributed by atoms with Gasteiger partial charge in [-0.2, -0.15) is 0 Å². The zero-order chi connectivity index (χ0) is 64.7. The van der Waals surface area contributed by atoms with Crippen LogP contribution in [0.2, 0.25) is 0 Å². The average Bonchev–Trinajstić information content (AvgIpc) is 0.786. The van der Waals surface area contributed by atoms with Crippen LogP contribution in [0, 0.1) is 6.07 Å². The van der Waals surface area contributed by atoms with Gasteiger partial charge in [-0.15, -0.1) is 23.8 Å². The summed E-state index contributed by atoms with van der Waals surface area (Å²) in [5.74, 6) is -1.79. The molecule has 72 heavy (non-hydrogen) atoms. The summed E-state index contributed by atoms with van der Waals surface area (Å²) in [7, 11) is 0. The predicted molar refractivity (Wildman–Crippen MR) is 298 cm³/mol. The Balaban J connectivity index is 0.00000960. The standard InChI is InChI=1S/C67H62N3O.Pt/c1-10-67(8,9)53-33-34-60(56(41-53)48-25-18-13-19-26-48)70-61-28-20-27-55(62(61)69-64(70)57-42-54(65(2,3)4)43-58(63(57)71)66(5,6)7)51-37-50(45-23-16-12-17-24-45)38-52(39-51)59-40-49(35-36-68-59)47-31-29-46(30-32-47)44-21-14-11-15-22-44;/h11-38,40-43,71H,10H2,1-9H3;/q-1;/i2D3,3D3,4D3,5D3,6D3,7D3;. The SMILES string of the molecule is [2H]C([2H])([2H])C(c1cc(-c2nc3c(-c4[c-]c(-c5cc(-c6ccc(-c7ccccc7)cc6)ccn5)cc(-c5ccccc5)c4)cccc3n2-c2ccc(C(C)(C)CC)cc2-c2ccccc2)c(O)c(C(C([2H])([2H])[2H])(C([2H])([2H])[2H])C([2H])([2H])[2H])c1)(C([2H])([2H])[2H])C([2H])([2H])[2H].[Pt]. The zero-order valence-corrected chi connectivity index (χ0v) is 42.1. The monoisotopic (exact) mass is 1140 g/mol. The molecule has 8 aromatic carbocycles. The molecule has 2 aromatic heterocycles. The van der Waals surface area contributed by atoms with Crippen molar-refractivity contribution in [2.24, 2.45) is 0 Å². The van der Waals surface area contributed by atoms with E-state index in [1.807, 2.05) is 146 Å². The molecule has 0 atom stereocenters. The molecule has 2 heterocycles. The van der Waals surface area contributed by atoms with E-state index in [0.29, 0.717) is 51.7 Å². The maximum Gasteiger partial charge on any atom is 0.148 e. The van der Waals surface area contributed by atoms with Crippen molar-refractivity contribution in [3.05, 3.63) is 217 Å². The second-order valence-corrected chi connectivity index (χ2v) is 18.6. The van der Waals surface area contributed by atoms with Crippen molar-refractivity contribution in [2.45, 2.75) is 84.5 Å². The van der Waals surface area contributed by atoms with Crippen LogP contribution >= 0.6 is 0 Å². The van der Waals surface area contributed by atoms with Crippen LogP contribution in [0.25, 0.3) is 95.0 Å². The number of phenolic OH excluding ortho intramolecular Hbond substituents is 1. The number of nitrogens with zero attached hydrogens (tertiary/aromatic N) is 3. The van der Waals surface area contributed by atoms with Crippen LogP contribution < -0.4 is 0 Å². The van der Waals surface area contributed by atoms with Crippen LogP contribution in [0.5, 0.6) is 5.75 Å². The van der Waals surface area contributed by atoms with E-state index in [9.17, 15) is 5.11 Å². The van der Waals surface area contributed by atoms with E-state index in [-0.39, 0.29) is 32.1 Å². The summed E-state index contributed by atoms with van der Waals surface area (Å²) in [6.07, 6.45) is 2.41. The molecule has 0 unspecified atom stereocenters. The quantitative estimate of drug-likeness (QED) is 0.139. The van der Waals surface area contributed by atoms with Gasteiger partial charge in [0.25, 0.3) is 0 Å². The number of aromatic hydroxyl groups is 1. The van der Waals surface area contributed by atoms with E-state index in [4.69, 9.17) is 34.6 Å². The molecule has 0 saturated carbocycles. The second kappa shape index (κ2) is 19.8. The topological polar surface area (TPSA) is 50.9 Å². The Bertz CT molecular complexity index is 4170. The van der Waals surface area contributed by atoms with Gasteiger partial charge in [-0.05, 0) is 97.5 Å². The third-order valence-electron chi connectivity index (χ3n) is 13.5. The molecular weight excluding hydrogens is 1060 g/mol. The number of benzene rings is 8. The molecule has 1 N–H and O–H groups in total. The van der Waals surface area contributed by atoms with E-state index in [0.717, 1.165) is 45.0 Å². The Labute approximate surface area is 466 Å². The van der Waals surface area contributed by atoms with Crippen LogP contribution in [-0.2, 0) is 37.3 Å². The van der Waals surface area contributed by atoms with Gasteiger partial charge in [-0.3, -0.25) is 9.55 Å². The van der Waals surface area contributed by atoms with Crippen LogP contribution in [0.1, 0.15) is 110 Å². The second-order valence-electron chi connectivity index (χ2n) is 18.6. The number of fused-ring (bicyclic) bond motifs is 1. The molecule has 0 amide bonds. The first-order valence-electron chi connectivity index (χ1n) is 32.4. The number of phenols is 1. The third kappa shape index (κ3) is 9.78. The molecule has 0 bridgehead atoms. The van der Waals surface area contributed by atoms with Crippen molar-refractivity contribution in [3.63, 3.8) is 0 Å². The summed E-state index contributed by atoms with van der Waals surface area (Å²) in [5.41, 5.74) is -1.91. The summed E-state index contributed by atoms with van der Waals surface area (Å²) < 4.78 is 161. The minimum atomic E-state index is -4.16. The molecule has 0 saturated heterocycles. The minimum absolute atomic E-state index is 0. The molecule has 362 valence electrons. The maximum atomic E-state index is 13.2. The van der Waals surface area contributed by atoms with Gasteiger partial charge in [0.15, 0.2) is 0 Å². The van der Waals surface area contributed by atoms with Crippen molar-refractivity contribution in [1.82, 2.24) is 14.5 Å². The van der Waals surface area contributed by atoms with E-state index >= 15 is 0 Å². The van der Waals surface area contributed by atoms with E-state index < -0.39 is 85.6 Å². The van der Waals surface area contributed by atoms with Crippen LogP contribution in [0.3, 0.4) is 0 Å². The van der Waals surface area contributed by atoms with Crippen molar-refractivity contribution >= 4 is 11.0 Å². The predicted octanol–water partition coefficient (Wildman–Crippen LogP) is 17.9. The molecule has 0 aliphatic carbocycles. The van der Waals surface area contributed by atoms with Crippen molar-refractivity contribution in [1.29, 1.82) is 0 Å². The summed E-state index contributed by atoms with van der Waals surface area (Å²) in [5, 5.41) is 13.2. The number of aromatic nitrogens is 3. The van der Waals surface area contributed by atoms with Gasteiger partial charge in [0, 0.05) is 68.8 Å². The Morgan fingerprint density at radius 3 is 1.75 bits per heavy atom. The van der Waals surface area contributed by atoms with Crippen LogP contribution in [0.4, 0.5) is 0 Å². The van der Waals surface area contributed by atoms with E-state index in [1.165, 1.54) is 4.57 Å². The largest absolute Gasteiger partial charge is 0.507 e. The van der Waals surface area contributed by atoms with Crippen LogP contribution in [0.15, 0.2) is 194 Å². The summed E-state index contributed by atoms with van der Waals surface area (Å²) in [4.78, 5) is 10.1. The first-order valence-corrected chi connectivity index (χ1v) is 23.4. The van der Waals surface area contributed by atoms with Gasteiger partial charge in [0.05, 0.1) is 22.3 Å². The number of para-hydroxylation sites is 1. The molecule has 5 heteroatoms. The Morgan fingerprint density at radius 1 is 0.528 bits per heavy atom. The first kappa shape index (κ1) is 32.0. The summed E-state index contributed by atoms with van der Waals surface area (Å²) in [6, 6.07) is 60.0. The van der Waals surface area contributed by atoms with Gasteiger partial charge in [0.1, 0.15) is 11.6 Å². The summed E-state index contributed by atoms with van der Waals surface area (Å²) in [6.45, 7) is -18.5. The third-order valence-corrected chi connectivity index (χ3v) is 13.5. The number of imidazole rings is 1. The van der Waals surface area contributed by atoms with Crippen molar-refractivity contribution in [3.8, 4) is 89.7 Å². The number of rotatable bonds is 10. The normalized spacial score (nSPS) is 16.7. The minimum Gasteiger partial charge on any atom is -0.507 e. The molecule has 10 rings (SSSR count). The zero-order valence-electron chi connectivity index (χ0n) is 57.8. The average molecular weight is 1140 g/mol. The van der Waals surface area contributed by atoms with Crippen molar-refractivity contribution in [2.75, 3.05) is 0 Å². The first-order chi connectivity index (χ1) is 41.6. The van der Waals surface area contributed by atoms with E-state index in [1.54, 1.807) is 30.5 Å². The van der Waals surface area contributed by atoms with Gasteiger partial charge < -0.3 is 5.11 Å². The van der Waals surface area contributed by atoms with Gasteiger partial charge in [0.2, 0.25) is 0 Å². The molecule has 0 aliphatic heterocycles. The number of hydrogen-bond acceptors (Lipinski definition) is 3. The number of hydrogen-bond donors (Lipinski definition) is 1. The van der Waals surface area contributed by atoms with Crippen molar-refractivity contribution < 1.29 is 50.8 Å². The summed E-state index contributed by atoms with van der Waals surface area (Å²) >= 11 is 0. The Hall–Kier alpha value is -7.13. The molecule has 0 fully saturated rings. The van der Waals surface area contributed by atoms with Crippen LogP contribution in [-0.4, -0.2) is 19.6 Å². The molecule has 0 aliphatic rings. The van der Waals surface area contributed by atoms with E-state index in [2.05, 4.69) is 32.0 Å².